The zero-order valence-corrected chi connectivity index (χ0v) is 11.9. The zero-order chi connectivity index (χ0) is 14.7. The Kier molecular flexibility index (Phi) is 3.83. The number of benzene rings is 1. The van der Waals surface area contributed by atoms with Crippen LogP contribution in [0.25, 0.3) is 5.65 Å². The lowest BCUT2D eigenvalue weighted by molar-refractivity contribution is 0.191. The second kappa shape index (κ2) is 5.93. The minimum Gasteiger partial charge on any atom is -0.387 e. The molecule has 0 fully saturated rings. The van der Waals surface area contributed by atoms with Crippen molar-refractivity contribution in [3.05, 3.63) is 59.9 Å². The molecule has 2 heterocycles. The summed E-state index contributed by atoms with van der Waals surface area (Å²) in [6.45, 7) is 2.49. The number of anilines is 1. The molecular weight excluding hydrogens is 264 g/mol. The van der Waals surface area contributed by atoms with Crippen molar-refractivity contribution in [3.8, 4) is 0 Å². The highest BCUT2D eigenvalue weighted by Gasteiger charge is 2.09. The summed E-state index contributed by atoms with van der Waals surface area (Å²) in [5.41, 5.74) is 2.71. The highest BCUT2D eigenvalue weighted by Crippen LogP contribution is 2.16. The van der Waals surface area contributed by atoms with Gasteiger partial charge in [-0.3, -0.25) is 0 Å². The minimum atomic E-state index is -0.560. The van der Waals surface area contributed by atoms with Gasteiger partial charge >= 0.3 is 0 Å². The number of aliphatic hydroxyl groups excluding tert-OH is 1. The largest absolute Gasteiger partial charge is 0.387 e. The quantitative estimate of drug-likeness (QED) is 0.754. The molecule has 1 aromatic carbocycles. The average molecular weight is 282 g/mol. The second-order valence-corrected chi connectivity index (χ2v) is 4.89. The van der Waals surface area contributed by atoms with Crippen LogP contribution in [0.2, 0.25) is 0 Å². The summed E-state index contributed by atoms with van der Waals surface area (Å²) in [5, 5.41) is 17.7. The molecular formula is C16H18N4O. The standard InChI is InChI=1S/C16H18N4O/c1-2-13-10-16(20-15(19-13)8-9-18-20)17-11-14(21)12-6-4-3-5-7-12/h3-10,14,17,21H,2,11H2,1H3/t14-/m0/s1. The molecule has 0 saturated carbocycles. The minimum absolute atomic E-state index is 0.423. The average Bonchev–Trinajstić information content (AvgIpc) is 3.01. The smallest absolute Gasteiger partial charge is 0.157 e. The molecule has 0 aliphatic carbocycles. The number of aromatic nitrogens is 3. The van der Waals surface area contributed by atoms with Crippen LogP contribution in [0.4, 0.5) is 5.82 Å². The maximum Gasteiger partial charge on any atom is 0.157 e. The summed E-state index contributed by atoms with van der Waals surface area (Å²) < 4.78 is 1.75. The molecule has 3 rings (SSSR count). The molecule has 0 spiro atoms. The van der Waals surface area contributed by atoms with E-state index in [4.69, 9.17) is 0 Å². The van der Waals surface area contributed by atoms with Gasteiger partial charge in [0.05, 0.1) is 12.3 Å². The van der Waals surface area contributed by atoms with Crippen molar-refractivity contribution in [1.82, 2.24) is 14.6 Å². The molecule has 0 unspecified atom stereocenters. The third kappa shape index (κ3) is 2.87. The lowest BCUT2D eigenvalue weighted by Crippen LogP contribution is -2.15. The second-order valence-electron chi connectivity index (χ2n) is 4.89. The van der Waals surface area contributed by atoms with Gasteiger partial charge in [0.2, 0.25) is 0 Å². The number of nitrogens with one attached hydrogen (secondary N) is 1. The normalized spacial score (nSPS) is 12.5. The molecule has 2 aromatic heterocycles. The molecule has 3 aromatic rings. The summed E-state index contributed by atoms with van der Waals surface area (Å²) in [6, 6.07) is 13.5. The van der Waals surface area contributed by atoms with Crippen LogP contribution in [-0.4, -0.2) is 26.2 Å². The highest BCUT2D eigenvalue weighted by molar-refractivity contribution is 5.49. The van der Waals surface area contributed by atoms with Crippen LogP contribution < -0.4 is 5.32 Å². The van der Waals surface area contributed by atoms with Crippen molar-refractivity contribution in [1.29, 1.82) is 0 Å². The number of aliphatic hydroxyl groups is 1. The van der Waals surface area contributed by atoms with Crippen LogP contribution in [0.15, 0.2) is 48.7 Å². The molecule has 0 saturated heterocycles. The number of hydrogen-bond donors (Lipinski definition) is 2. The molecule has 2 N–H and O–H groups in total. The molecule has 21 heavy (non-hydrogen) atoms. The topological polar surface area (TPSA) is 62.5 Å². The first-order chi connectivity index (χ1) is 10.3. The summed E-state index contributed by atoms with van der Waals surface area (Å²) in [7, 11) is 0. The van der Waals surface area contributed by atoms with Crippen LogP contribution in [0.1, 0.15) is 24.3 Å². The van der Waals surface area contributed by atoms with E-state index < -0.39 is 6.10 Å². The fraction of sp³-hybridized carbons (Fsp3) is 0.250. The monoisotopic (exact) mass is 282 g/mol. The molecule has 108 valence electrons. The van der Waals surface area contributed by atoms with E-state index in [0.29, 0.717) is 6.54 Å². The zero-order valence-electron chi connectivity index (χ0n) is 11.9. The maximum atomic E-state index is 10.2. The SMILES string of the molecule is CCc1cc(NC[C@H](O)c2ccccc2)n2nccc2n1. The lowest BCUT2D eigenvalue weighted by Gasteiger charge is -2.14. The van der Waals surface area contributed by atoms with Crippen LogP contribution in [0.3, 0.4) is 0 Å². The number of nitrogens with zero attached hydrogens (tertiary/aromatic N) is 3. The number of rotatable bonds is 5. The Hall–Kier alpha value is -2.40. The van der Waals surface area contributed by atoms with E-state index in [2.05, 4.69) is 22.3 Å². The van der Waals surface area contributed by atoms with Crippen LogP contribution in [0.5, 0.6) is 0 Å². The van der Waals surface area contributed by atoms with Gasteiger partial charge < -0.3 is 10.4 Å². The van der Waals surface area contributed by atoms with Gasteiger partial charge in [-0.1, -0.05) is 37.3 Å². The van der Waals surface area contributed by atoms with Crippen LogP contribution >= 0.6 is 0 Å². The molecule has 5 nitrogen and oxygen atoms in total. The van der Waals surface area contributed by atoms with Gasteiger partial charge in [-0.2, -0.15) is 9.61 Å². The molecule has 0 amide bonds. The number of fused-ring (bicyclic) bond motifs is 1. The van der Waals surface area contributed by atoms with E-state index in [-0.39, 0.29) is 0 Å². The van der Waals surface area contributed by atoms with Crippen LogP contribution in [-0.2, 0) is 6.42 Å². The summed E-state index contributed by atoms with van der Waals surface area (Å²) in [4.78, 5) is 4.50. The van der Waals surface area contributed by atoms with E-state index in [1.165, 1.54) is 0 Å². The Balaban J connectivity index is 1.80. The Morgan fingerprint density at radius 1 is 1.24 bits per heavy atom. The Morgan fingerprint density at radius 3 is 2.81 bits per heavy atom. The predicted octanol–water partition coefficient (Wildman–Crippen LogP) is 2.44. The molecule has 5 heteroatoms. The third-order valence-electron chi connectivity index (χ3n) is 3.44. The summed E-state index contributed by atoms with van der Waals surface area (Å²) in [6.07, 6.45) is 2.02. The van der Waals surface area contributed by atoms with E-state index in [1.807, 2.05) is 42.5 Å². The van der Waals surface area contributed by atoms with E-state index >= 15 is 0 Å². The molecule has 0 aliphatic heterocycles. The summed E-state index contributed by atoms with van der Waals surface area (Å²) in [5.74, 6) is 0.844. The van der Waals surface area contributed by atoms with Crippen molar-refractivity contribution in [3.63, 3.8) is 0 Å². The van der Waals surface area contributed by atoms with Crippen molar-refractivity contribution in [2.75, 3.05) is 11.9 Å². The molecule has 0 aliphatic rings. The fourth-order valence-corrected chi connectivity index (χ4v) is 2.27. The first-order valence-electron chi connectivity index (χ1n) is 7.08. The fourth-order valence-electron chi connectivity index (χ4n) is 2.27. The summed E-state index contributed by atoms with van der Waals surface area (Å²) >= 11 is 0. The van der Waals surface area contributed by atoms with Crippen LogP contribution in [0, 0.1) is 0 Å². The van der Waals surface area contributed by atoms with E-state index in [0.717, 1.165) is 29.1 Å². The molecule has 0 bridgehead atoms. The van der Waals surface area contributed by atoms with Gasteiger partial charge in [-0.15, -0.1) is 0 Å². The molecule has 0 radical (unpaired) electrons. The lowest BCUT2D eigenvalue weighted by atomic mass is 10.1. The van der Waals surface area contributed by atoms with Gasteiger partial charge in [-0.05, 0) is 12.0 Å². The van der Waals surface area contributed by atoms with Gasteiger partial charge in [0.25, 0.3) is 0 Å². The third-order valence-corrected chi connectivity index (χ3v) is 3.44. The van der Waals surface area contributed by atoms with Gasteiger partial charge in [0.1, 0.15) is 5.82 Å². The van der Waals surface area contributed by atoms with Crippen molar-refractivity contribution < 1.29 is 5.11 Å². The molecule has 1 atom stereocenters. The number of aryl methyl sites for hydroxylation is 1. The van der Waals surface area contributed by atoms with Crippen molar-refractivity contribution in [2.24, 2.45) is 0 Å². The van der Waals surface area contributed by atoms with Crippen molar-refractivity contribution in [2.45, 2.75) is 19.4 Å². The maximum absolute atomic E-state index is 10.2. The van der Waals surface area contributed by atoms with Crippen molar-refractivity contribution >= 4 is 11.5 Å². The van der Waals surface area contributed by atoms with E-state index in [9.17, 15) is 5.11 Å². The van der Waals surface area contributed by atoms with Gasteiger partial charge in [0, 0.05) is 24.4 Å². The first-order valence-corrected chi connectivity index (χ1v) is 7.08. The predicted molar refractivity (Wildman–Crippen MR) is 82.3 cm³/mol. The van der Waals surface area contributed by atoms with E-state index in [1.54, 1.807) is 10.7 Å². The van der Waals surface area contributed by atoms with Gasteiger partial charge in [-0.25, -0.2) is 4.98 Å². The Labute approximate surface area is 123 Å². The Morgan fingerprint density at radius 2 is 2.05 bits per heavy atom. The first kappa shape index (κ1) is 13.6. The highest BCUT2D eigenvalue weighted by atomic mass is 16.3. The number of hydrogen-bond acceptors (Lipinski definition) is 4. The Bertz CT molecular complexity index is 723. The van der Waals surface area contributed by atoms with Gasteiger partial charge in [0.15, 0.2) is 5.65 Å².